The van der Waals surface area contributed by atoms with Crippen molar-refractivity contribution >= 4 is 29.0 Å². The number of fused-ring (bicyclic) bond motifs is 2. The number of hydrogen-bond acceptors (Lipinski definition) is 2. The number of piperidine rings is 1. The molecule has 4 heteroatoms. The van der Waals surface area contributed by atoms with E-state index in [9.17, 15) is 4.79 Å². The van der Waals surface area contributed by atoms with Crippen molar-refractivity contribution in [3.05, 3.63) is 48.5 Å². The molecule has 118 valence electrons. The topological polar surface area (TPSA) is 24.8 Å². The zero-order chi connectivity index (χ0) is 15.6. The molecule has 1 fully saturated rings. The third kappa shape index (κ3) is 2.89. The summed E-state index contributed by atoms with van der Waals surface area (Å²) in [6.07, 6.45) is 3.79. The van der Waals surface area contributed by atoms with Crippen LogP contribution in [0.4, 0.5) is 11.4 Å². The van der Waals surface area contributed by atoms with E-state index in [0.29, 0.717) is 6.54 Å². The average molecular weight is 325 g/mol. The van der Waals surface area contributed by atoms with Crippen LogP contribution in [-0.2, 0) is 4.79 Å². The van der Waals surface area contributed by atoms with Crippen molar-refractivity contribution in [3.63, 3.8) is 0 Å². The lowest BCUT2D eigenvalue weighted by Gasteiger charge is -2.32. The van der Waals surface area contributed by atoms with Gasteiger partial charge in [0.1, 0.15) is 0 Å². The molecular weight excluding hydrogens is 304 g/mol. The Kier molecular flexibility index (Phi) is 4.10. The molecule has 3 nitrogen and oxygen atoms in total. The lowest BCUT2D eigenvalue weighted by molar-refractivity contribution is -0.896. The minimum absolute atomic E-state index is 0.210. The third-order valence-electron chi connectivity index (χ3n) is 4.64. The quantitative estimate of drug-likeness (QED) is 0.918. The van der Waals surface area contributed by atoms with E-state index in [2.05, 4.69) is 24.3 Å². The van der Waals surface area contributed by atoms with Crippen molar-refractivity contribution < 1.29 is 9.69 Å². The van der Waals surface area contributed by atoms with Crippen molar-refractivity contribution in [1.29, 1.82) is 0 Å². The smallest absolute Gasteiger partial charge is 0.286 e. The van der Waals surface area contributed by atoms with Gasteiger partial charge in [-0.1, -0.05) is 36.0 Å². The highest BCUT2D eigenvalue weighted by Gasteiger charge is 2.30. The maximum Gasteiger partial charge on any atom is 0.286 e. The van der Waals surface area contributed by atoms with Gasteiger partial charge in [0.2, 0.25) is 0 Å². The van der Waals surface area contributed by atoms with Crippen LogP contribution in [0.5, 0.6) is 0 Å². The van der Waals surface area contributed by atoms with Crippen LogP contribution in [0.15, 0.2) is 58.3 Å². The van der Waals surface area contributed by atoms with Crippen LogP contribution >= 0.6 is 11.8 Å². The average Bonchev–Trinajstić information content (AvgIpc) is 2.60. The number of carbonyl (C=O) groups excluding carboxylic acids is 1. The van der Waals surface area contributed by atoms with E-state index in [1.165, 1.54) is 24.2 Å². The van der Waals surface area contributed by atoms with E-state index in [1.807, 2.05) is 29.2 Å². The lowest BCUT2D eigenvalue weighted by Crippen LogP contribution is -3.13. The number of nitrogens with one attached hydrogen (secondary N) is 1. The van der Waals surface area contributed by atoms with Gasteiger partial charge in [0, 0.05) is 9.79 Å². The van der Waals surface area contributed by atoms with E-state index in [0.717, 1.165) is 34.3 Å². The highest BCUT2D eigenvalue weighted by molar-refractivity contribution is 7.99. The minimum Gasteiger partial charge on any atom is -0.327 e. The van der Waals surface area contributed by atoms with Crippen LogP contribution in [-0.4, -0.2) is 25.5 Å². The second kappa shape index (κ2) is 6.38. The first-order chi connectivity index (χ1) is 11.3. The SMILES string of the molecule is O=C(C[NH+]1CCCCC1)N1c2ccccc2Sc2ccccc21. The molecule has 0 aliphatic carbocycles. The molecule has 0 atom stereocenters. The molecule has 2 aliphatic heterocycles. The van der Waals surface area contributed by atoms with Gasteiger partial charge in [-0.05, 0) is 43.5 Å². The number of hydrogen-bond donors (Lipinski definition) is 1. The van der Waals surface area contributed by atoms with Gasteiger partial charge >= 0.3 is 0 Å². The number of carbonyl (C=O) groups is 1. The Morgan fingerprint density at radius 1 is 0.913 bits per heavy atom. The van der Waals surface area contributed by atoms with Crippen LogP contribution in [0, 0.1) is 0 Å². The van der Waals surface area contributed by atoms with Crippen molar-refractivity contribution in [2.45, 2.75) is 29.1 Å². The molecule has 1 N–H and O–H groups in total. The van der Waals surface area contributed by atoms with Gasteiger partial charge in [0.05, 0.1) is 24.5 Å². The lowest BCUT2D eigenvalue weighted by atomic mass is 10.1. The summed E-state index contributed by atoms with van der Waals surface area (Å²) < 4.78 is 0. The Hall–Kier alpha value is -1.78. The van der Waals surface area contributed by atoms with Crippen molar-refractivity contribution in [3.8, 4) is 0 Å². The van der Waals surface area contributed by atoms with Crippen LogP contribution in [0.1, 0.15) is 19.3 Å². The van der Waals surface area contributed by atoms with Gasteiger partial charge in [-0.15, -0.1) is 0 Å². The van der Waals surface area contributed by atoms with E-state index >= 15 is 0 Å². The molecule has 0 radical (unpaired) electrons. The maximum absolute atomic E-state index is 13.1. The minimum atomic E-state index is 0.210. The third-order valence-corrected chi connectivity index (χ3v) is 5.77. The largest absolute Gasteiger partial charge is 0.327 e. The van der Waals surface area contributed by atoms with Gasteiger partial charge in [-0.2, -0.15) is 0 Å². The Labute approximate surface area is 141 Å². The molecule has 2 heterocycles. The Balaban J connectivity index is 1.67. The van der Waals surface area contributed by atoms with Crippen LogP contribution in [0.3, 0.4) is 0 Å². The number of amides is 1. The fourth-order valence-corrected chi connectivity index (χ4v) is 4.55. The van der Waals surface area contributed by atoms with Gasteiger partial charge in [0.25, 0.3) is 5.91 Å². The van der Waals surface area contributed by atoms with Gasteiger partial charge in [-0.25, -0.2) is 0 Å². The number of nitrogens with zero attached hydrogens (tertiary/aromatic N) is 1. The molecule has 1 saturated heterocycles. The van der Waals surface area contributed by atoms with E-state index in [1.54, 1.807) is 11.8 Å². The van der Waals surface area contributed by atoms with Crippen LogP contribution in [0.2, 0.25) is 0 Å². The normalized spacial score (nSPS) is 17.5. The van der Waals surface area contributed by atoms with Crippen LogP contribution < -0.4 is 9.80 Å². The monoisotopic (exact) mass is 325 g/mol. The zero-order valence-corrected chi connectivity index (χ0v) is 13.9. The van der Waals surface area contributed by atoms with Crippen molar-refractivity contribution in [2.75, 3.05) is 24.5 Å². The summed E-state index contributed by atoms with van der Waals surface area (Å²) in [6.45, 7) is 2.84. The second-order valence-corrected chi connectivity index (χ2v) is 7.34. The molecule has 2 aromatic rings. The Bertz CT molecular complexity index is 679. The number of anilines is 2. The molecule has 0 saturated carbocycles. The summed E-state index contributed by atoms with van der Waals surface area (Å²) in [5.74, 6) is 0.210. The van der Waals surface area contributed by atoms with Crippen molar-refractivity contribution in [1.82, 2.24) is 0 Å². The number of likely N-dealkylation sites (tertiary alicyclic amines) is 1. The second-order valence-electron chi connectivity index (χ2n) is 6.25. The molecule has 2 aromatic carbocycles. The van der Waals surface area contributed by atoms with E-state index < -0.39 is 0 Å². The van der Waals surface area contributed by atoms with E-state index in [-0.39, 0.29) is 5.91 Å². The fraction of sp³-hybridized carbons (Fsp3) is 0.316. The molecule has 0 unspecified atom stereocenters. The number of para-hydroxylation sites is 2. The molecular formula is C19H21N2OS+. The highest BCUT2D eigenvalue weighted by Crippen LogP contribution is 2.47. The standard InChI is InChI=1S/C19H20N2OS/c22-19(14-20-12-6-1-7-13-20)21-15-8-2-4-10-17(15)23-18-11-5-3-9-16(18)21/h2-5,8-11H,1,6-7,12-14H2/p+1. The van der Waals surface area contributed by atoms with Crippen molar-refractivity contribution in [2.24, 2.45) is 0 Å². The van der Waals surface area contributed by atoms with E-state index in [4.69, 9.17) is 0 Å². The summed E-state index contributed by atoms with van der Waals surface area (Å²) in [6, 6.07) is 16.4. The first-order valence-corrected chi connectivity index (χ1v) is 9.17. The van der Waals surface area contributed by atoms with Gasteiger partial charge in [-0.3, -0.25) is 9.69 Å². The summed E-state index contributed by atoms with van der Waals surface area (Å²) in [5.41, 5.74) is 2.05. The first kappa shape index (κ1) is 14.8. The van der Waals surface area contributed by atoms with Crippen LogP contribution in [0.25, 0.3) is 0 Å². The summed E-state index contributed by atoms with van der Waals surface area (Å²) in [4.78, 5) is 18.8. The molecule has 1 amide bonds. The van der Waals surface area contributed by atoms with Gasteiger partial charge < -0.3 is 4.90 Å². The Morgan fingerprint density at radius 2 is 1.48 bits per heavy atom. The number of benzene rings is 2. The number of rotatable bonds is 2. The number of quaternary nitrogens is 1. The molecule has 0 bridgehead atoms. The van der Waals surface area contributed by atoms with Gasteiger partial charge in [0.15, 0.2) is 6.54 Å². The Morgan fingerprint density at radius 3 is 2.09 bits per heavy atom. The predicted molar refractivity (Wildman–Crippen MR) is 93.6 cm³/mol. The molecule has 0 spiro atoms. The highest BCUT2D eigenvalue weighted by atomic mass is 32.2. The molecule has 2 aliphatic rings. The summed E-state index contributed by atoms with van der Waals surface area (Å²) >= 11 is 1.75. The maximum atomic E-state index is 13.1. The molecule has 4 rings (SSSR count). The zero-order valence-electron chi connectivity index (χ0n) is 13.1. The molecule has 23 heavy (non-hydrogen) atoms. The molecule has 0 aromatic heterocycles. The summed E-state index contributed by atoms with van der Waals surface area (Å²) in [7, 11) is 0. The summed E-state index contributed by atoms with van der Waals surface area (Å²) in [5, 5.41) is 0. The first-order valence-electron chi connectivity index (χ1n) is 8.35. The fourth-order valence-electron chi connectivity index (χ4n) is 3.49. The predicted octanol–water partition coefficient (Wildman–Crippen LogP) is 2.88.